The van der Waals surface area contributed by atoms with E-state index in [1.165, 1.54) is 12.3 Å². The fourth-order valence-corrected chi connectivity index (χ4v) is 6.55. The molecule has 3 fully saturated rings. The summed E-state index contributed by atoms with van der Waals surface area (Å²) in [6.45, 7) is 2.67. The molecule has 228 valence electrons. The molecule has 7 rings (SSSR count). The van der Waals surface area contributed by atoms with E-state index in [9.17, 15) is 27.9 Å². The number of hydrogen-bond donors (Lipinski definition) is 2. The van der Waals surface area contributed by atoms with Crippen molar-refractivity contribution in [2.24, 2.45) is 5.92 Å². The molecule has 1 amide bonds. The highest BCUT2D eigenvalue weighted by molar-refractivity contribution is 5.98. The van der Waals surface area contributed by atoms with Crippen molar-refractivity contribution in [3.05, 3.63) is 107 Å². The second kappa shape index (κ2) is 11.6. The molecule has 0 radical (unpaired) electrons. The van der Waals surface area contributed by atoms with E-state index in [0.29, 0.717) is 34.1 Å². The summed E-state index contributed by atoms with van der Waals surface area (Å²) in [7, 11) is 0. The van der Waals surface area contributed by atoms with Crippen molar-refractivity contribution in [2.75, 3.05) is 32.7 Å². The molecule has 0 spiro atoms. The smallest absolute Gasteiger partial charge is 0.434 e. The number of ether oxygens (including phenoxy) is 1. The molecule has 8 nitrogen and oxygen atoms in total. The zero-order valence-electron chi connectivity index (χ0n) is 23.8. The van der Waals surface area contributed by atoms with Crippen molar-refractivity contribution in [3.8, 4) is 0 Å². The number of nitrogens with zero attached hydrogens (tertiary/aromatic N) is 3. The lowest BCUT2D eigenvalue weighted by Gasteiger charge is -2.52. The highest BCUT2D eigenvalue weighted by Gasteiger charge is 2.50. The number of rotatable bonds is 8. The van der Waals surface area contributed by atoms with E-state index in [0.717, 1.165) is 25.9 Å². The third-order valence-corrected chi connectivity index (χ3v) is 8.95. The summed E-state index contributed by atoms with van der Waals surface area (Å²) in [5.41, 5.74) is -3.10. The van der Waals surface area contributed by atoms with Crippen molar-refractivity contribution >= 4 is 22.9 Å². The van der Waals surface area contributed by atoms with Crippen molar-refractivity contribution in [1.29, 1.82) is 0 Å². The number of aromatic nitrogens is 2. The summed E-state index contributed by atoms with van der Waals surface area (Å²) in [5, 5.41) is 14.8. The number of piperidine rings is 3. The van der Waals surface area contributed by atoms with E-state index in [1.54, 1.807) is 72.8 Å². The van der Waals surface area contributed by atoms with Gasteiger partial charge in [0.15, 0.2) is 17.4 Å². The highest BCUT2D eigenvalue weighted by Crippen LogP contribution is 2.38. The second-order valence-corrected chi connectivity index (χ2v) is 11.6. The molecule has 0 unspecified atom stereocenters. The van der Waals surface area contributed by atoms with Crippen LogP contribution in [0.3, 0.4) is 0 Å². The molecule has 2 bridgehead atoms. The largest absolute Gasteiger partial charge is 0.453 e. The Morgan fingerprint density at radius 1 is 0.955 bits per heavy atom. The van der Waals surface area contributed by atoms with Gasteiger partial charge in [-0.15, -0.1) is 0 Å². The minimum atomic E-state index is -4.83. The molecule has 5 heterocycles. The summed E-state index contributed by atoms with van der Waals surface area (Å²) >= 11 is 0. The molecule has 3 aliphatic rings. The zero-order chi connectivity index (χ0) is 31.0. The van der Waals surface area contributed by atoms with Gasteiger partial charge in [-0.2, -0.15) is 13.2 Å². The predicted molar refractivity (Wildman–Crippen MR) is 155 cm³/mol. The molecule has 0 saturated carbocycles. The van der Waals surface area contributed by atoms with Crippen LogP contribution in [0.1, 0.15) is 40.0 Å². The van der Waals surface area contributed by atoms with Gasteiger partial charge in [0.05, 0.1) is 31.7 Å². The van der Waals surface area contributed by atoms with Crippen molar-refractivity contribution < 1.29 is 37.1 Å². The first-order valence-corrected chi connectivity index (χ1v) is 14.6. The maximum absolute atomic E-state index is 13.8. The molecule has 1 atom stereocenters. The Kier molecular flexibility index (Phi) is 7.85. The topological polar surface area (TPSA) is 101 Å². The fourth-order valence-electron chi connectivity index (χ4n) is 6.55. The molecule has 3 aliphatic heterocycles. The van der Waals surface area contributed by atoms with Crippen LogP contribution in [-0.2, 0) is 21.3 Å². The van der Waals surface area contributed by atoms with Gasteiger partial charge >= 0.3 is 12.1 Å². The van der Waals surface area contributed by atoms with Gasteiger partial charge in [-0.25, -0.2) is 14.8 Å². The minimum absolute atomic E-state index is 0.0853. The maximum atomic E-state index is 13.8. The standard InChI is InChI=1S/C33H31F3N4O4/c34-33(35,36)28-26(20-23-8-7-15-37-29(23)39-28)30(41)38-16-19-40-17-13-22(14-18-40)27(21-40)44-31(42)32(43,24-9-3-1-4-10-24)25-11-5-2-6-12-25/h1-12,15,20,22,27,43H,13-14,16-19,21H2/p+1/t22?,27-,40?/m0/s1. The SMILES string of the molecule is O=C(NCC[N+]12CCC(CC1)[C@@H](OC(=O)C(O)(c1ccccc1)c1ccccc1)C2)c1cc2cccnc2nc1C(F)(F)F. The Morgan fingerprint density at radius 2 is 1.59 bits per heavy atom. The van der Waals surface area contributed by atoms with Crippen LogP contribution in [0, 0.1) is 5.92 Å². The van der Waals surface area contributed by atoms with Crippen LogP contribution in [0.5, 0.6) is 0 Å². The van der Waals surface area contributed by atoms with E-state index in [2.05, 4.69) is 15.3 Å². The van der Waals surface area contributed by atoms with E-state index in [1.807, 2.05) is 0 Å². The minimum Gasteiger partial charge on any atom is -0.453 e. The lowest BCUT2D eigenvalue weighted by molar-refractivity contribution is -0.945. The Balaban J connectivity index is 1.16. The monoisotopic (exact) mass is 605 g/mol. The number of alkyl halides is 3. The number of nitrogens with one attached hydrogen (secondary N) is 1. The molecule has 3 saturated heterocycles. The second-order valence-electron chi connectivity index (χ2n) is 11.6. The number of carbonyl (C=O) groups is 2. The molecular formula is C33H32F3N4O4+. The average molecular weight is 606 g/mol. The van der Waals surface area contributed by atoms with E-state index in [4.69, 9.17) is 4.74 Å². The van der Waals surface area contributed by atoms with E-state index in [-0.39, 0.29) is 18.1 Å². The summed E-state index contributed by atoms with van der Waals surface area (Å²) in [5.74, 6) is -1.48. The summed E-state index contributed by atoms with van der Waals surface area (Å²) in [6.07, 6.45) is -2.34. The van der Waals surface area contributed by atoms with E-state index >= 15 is 0 Å². The lowest BCUT2D eigenvalue weighted by Crippen LogP contribution is -2.66. The first kappa shape index (κ1) is 29.7. The third kappa shape index (κ3) is 5.65. The quantitative estimate of drug-likeness (QED) is 0.227. The molecular weight excluding hydrogens is 573 g/mol. The summed E-state index contributed by atoms with van der Waals surface area (Å²) in [6, 6.07) is 21.7. The average Bonchev–Trinajstić information content (AvgIpc) is 3.04. The van der Waals surface area contributed by atoms with Gasteiger partial charge in [0.25, 0.3) is 5.91 Å². The van der Waals surface area contributed by atoms with Crippen LogP contribution < -0.4 is 5.32 Å². The number of carbonyl (C=O) groups excluding carboxylic acids is 2. The lowest BCUT2D eigenvalue weighted by atomic mass is 9.82. The van der Waals surface area contributed by atoms with Gasteiger partial charge in [0, 0.05) is 30.3 Å². The molecule has 2 N–H and O–H groups in total. The third-order valence-electron chi connectivity index (χ3n) is 8.95. The Morgan fingerprint density at radius 3 is 2.20 bits per heavy atom. The number of amides is 1. The van der Waals surface area contributed by atoms with Gasteiger partial charge in [0.1, 0.15) is 6.54 Å². The van der Waals surface area contributed by atoms with Crippen LogP contribution in [0.15, 0.2) is 85.1 Å². The number of benzene rings is 2. The number of fused-ring (bicyclic) bond motifs is 4. The summed E-state index contributed by atoms with van der Waals surface area (Å²) < 4.78 is 48.0. The molecule has 2 aromatic carbocycles. The molecule has 11 heteroatoms. The summed E-state index contributed by atoms with van der Waals surface area (Å²) in [4.78, 5) is 34.3. The van der Waals surface area contributed by atoms with Crippen molar-refractivity contribution in [3.63, 3.8) is 0 Å². The van der Waals surface area contributed by atoms with Gasteiger partial charge < -0.3 is 19.6 Å². The normalized spacial score (nSPS) is 21.6. The van der Waals surface area contributed by atoms with Crippen LogP contribution in [0.2, 0.25) is 0 Å². The predicted octanol–water partition coefficient (Wildman–Crippen LogP) is 4.47. The van der Waals surface area contributed by atoms with Gasteiger partial charge in [-0.1, -0.05) is 60.7 Å². The maximum Gasteiger partial charge on any atom is 0.434 e. The van der Waals surface area contributed by atoms with Crippen LogP contribution in [-0.4, -0.2) is 70.3 Å². The zero-order valence-corrected chi connectivity index (χ0v) is 23.8. The Labute approximate surface area is 252 Å². The number of halogens is 3. The van der Waals surface area contributed by atoms with Crippen LogP contribution in [0.4, 0.5) is 13.2 Å². The molecule has 44 heavy (non-hydrogen) atoms. The van der Waals surface area contributed by atoms with Crippen LogP contribution in [0.25, 0.3) is 11.0 Å². The fraction of sp³-hybridized carbons (Fsp3) is 0.333. The van der Waals surface area contributed by atoms with Gasteiger partial charge in [0.2, 0.25) is 5.60 Å². The van der Waals surface area contributed by atoms with Crippen molar-refractivity contribution in [2.45, 2.75) is 30.7 Å². The number of esters is 1. The first-order chi connectivity index (χ1) is 21.1. The van der Waals surface area contributed by atoms with Crippen molar-refractivity contribution in [1.82, 2.24) is 15.3 Å². The van der Waals surface area contributed by atoms with Gasteiger partial charge in [-0.05, 0) is 29.3 Å². The molecule has 4 aromatic rings. The number of aliphatic hydroxyl groups is 1. The number of quaternary nitrogens is 1. The number of hydrogen-bond acceptors (Lipinski definition) is 6. The first-order valence-electron chi connectivity index (χ1n) is 14.6. The molecule has 2 aromatic heterocycles. The molecule has 0 aliphatic carbocycles. The van der Waals surface area contributed by atoms with E-state index < -0.39 is 41.0 Å². The van der Waals surface area contributed by atoms with Gasteiger partial charge in [-0.3, -0.25) is 4.79 Å². The Bertz CT molecular complexity index is 1620. The Hall–Kier alpha value is -4.35. The highest BCUT2D eigenvalue weighted by atomic mass is 19.4. The number of pyridine rings is 2. The van der Waals surface area contributed by atoms with Crippen LogP contribution >= 0.6 is 0 Å².